The van der Waals surface area contributed by atoms with Crippen LogP contribution >= 0.6 is 0 Å². The maximum Gasteiger partial charge on any atom is 0.254 e. The Morgan fingerprint density at radius 3 is 2.86 bits per heavy atom. The molecule has 0 radical (unpaired) electrons. The number of pyridine rings is 1. The summed E-state index contributed by atoms with van der Waals surface area (Å²) in [6.07, 6.45) is 4.17. The fourth-order valence-electron chi connectivity index (χ4n) is 4.08. The number of nitrogens with one attached hydrogen (secondary N) is 1. The smallest absolute Gasteiger partial charge is 0.254 e. The Hall–Kier alpha value is -3.08. The SMILES string of the molecule is Cn1c(=O)cc(OCCCC(=O)NC2CCCc3ccccc32)c2ccccc21. The molecule has 1 aliphatic rings. The Bertz CT molecular complexity index is 1090. The van der Waals surface area contributed by atoms with Crippen LogP contribution in [0.15, 0.2) is 59.4 Å². The summed E-state index contributed by atoms with van der Waals surface area (Å²) in [5, 5.41) is 4.07. The molecule has 0 fully saturated rings. The molecule has 1 heterocycles. The van der Waals surface area contributed by atoms with Crippen LogP contribution in [0.4, 0.5) is 0 Å². The number of ether oxygens (including phenoxy) is 1. The molecule has 1 aliphatic carbocycles. The molecule has 0 spiro atoms. The Kier molecular flexibility index (Phi) is 5.65. The average Bonchev–Trinajstić information content (AvgIpc) is 2.75. The van der Waals surface area contributed by atoms with Gasteiger partial charge in [0, 0.05) is 24.9 Å². The molecule has 1 amide bonds. The van der Waals surface area contributed by atoms with Crippen LogP contribution < -0.4 is 15.6 Å². The van der Waals surface area contributed by atoms with Gasteiger partial charge in [-0.25, -0.2) is 0 Å². The summed E-state index contributed by atoms with van der Waals surface area (Å²) >= 11 is 0. The minimum absolute atomic E-state index is 0.0455. The molecule has 0 saturated heterocycles. The lowest BCUT2D eigenvalue weighted by molar-refractivity contribution is -0.122. The van der Waals surface area contributed by atoms with Crippen LogP contribution in [0.5, 0.6) is 5.75 Å². The molecule has 1 N–H and O–H groups in total. The first-order valence-electron chi connectivity index (χ1n) is 10.2. The molecule has 5 nitrogen and oxygen atoms in total. The lowest BCUT2D eigenvalue weighted by atomic mass is 9.87. The molecule has 1 aromatic heterocycles. The maximum absolute atomic E-state index is 12.4. The van der Waals surface area contributed by atoms with Crippen LogP contribution in [-0.4, -0.2) is 17.1 Å². The van der Waals surface area contributed by atoms with Crippen molar-refractivity contribution in [3.05, 3.63) is 76.1 Å². The number of aryl methyl sites for hydroxylation is 2. The second-order valence-electron chi connectivity index (χ2n) is 7.59. The maximum atomic E-state index is 12.4. The van der Waals surface area contributed by atoms with Crippen molar-refractivity contribution in [3.8, 4) is 5.75 Å². The van der Waals surface area contributed by atoms with Crippen molar-refractivity contribution in [1.29, 1.82) is 0 Å². The number of amides is 1. The van der Waals surface area contributed by atoms with E-state index in [1.807, 2.05) is 30.3 Å². The van der Waals surface area contributed by atoms with Gasteiger partial charge in [-0.1, -0.05) is 36.4 Å². The second kappa shape index (κ2) is 8.52. The molecule has 1 atom stereocenters. The Labute approximate surface area is 170 Å². The normalized spacial score (nSPS) is 15.7. The minimum atomic E-state index is -0.104. The Balaban J connectivity index is 1.33. The fourth-order valence-corrected chi connectivity index (χ4v) is 4.08. The first kappa shape index (κ1) is 19.2. The van der Waals surface area contributed by atoms with E-state index >= 15 is 0 Å². The van der Waals surface area contributed by atoms with Crippen molar-refractivity contribution in [2.24, 2.45) is 7.05 Å². The number of carbonyl (C=O) groups excluding carboxylic acids is 1. The second-order valence-corrected chi connectivity index (χ2v) is 7.59. The van der Waals surface area contributed by atoms with Crippen LogP contribution in [0.1, 0.15) is 42.9 Å². The number of carbonyl (C=O) groups is 1. The number of hydrogen-bond donors (Lipinski definition) is 1. The van der Waals surface area contributed by atoms with Gasteiger partial charge in [-0.15, -0.1) is 0 Å². The van der Waals surface area contributed by atoms with Gasteiger partial charge in [-0.05, 0) is 48.9 Å². The van der Waals surface area contributed by atoms with Crippen LogP contribution in [0.25, 0.3) is 10.9 Å². The molecule has 150 valence electrons. The zero-order valence-corrected chi connectivity index (χ0v) is 16.7. The number of benzene rings is 2. The quantitative estimate of drug-likeness (QED) is 0.650. The summed E-state index contributed by atoms with van der Waals surface area (Å²) in [4.78, 5) is 24.6. The van der Waals surface area contributed by atoms with E-state index in [2.05, 4.69) is 23.5 Å². The molecule has 5 heteroatoms. The first-order chi connectivity index (χ1) is 14.1. The molecule has 1 unspecified atom stereocenters. The molecule has 4 rings (SSSR count). The number of hydrogen-bond acceptors (Lipinski definition) is 3. The van der Waals surface area contributed by atoms with Gasteiger partial charge in [0.05, 0.1) is 18.2 Å². The van der Waals surface area contributed by atoms with Crippen LogP contribution in [0.2, 0.25) is 0 Å². The van der Waals surface area contributed by atoms with Gasteiger partial charge >= 0.3 is 0 Å². The third-order valence-electron chi connectivity index (χ3n) is 5.63. The van der Waals surface area contributed by atoms with Gasteiger partial charge in [0.15, 0.2) is 0 Å². The van der Waals surface area contributed by atoms with E-state index in [4.69, 9.17) is 4.74 Å². The number of fused-ring (bicyclic) bond motifs is 2. The molecule has 29 heavy (non-hydrogen) atoms. The molecule has 2 aromatic carbocycles. The van der Waals surface area contributed by atoms with Crippen molar-refractivity contribution in [3.63, 3.8) is 0 Å². The number of para-hydroxylation sites is 1. The highest BCUT2D eigenvalue weighted by molar-refractivity contribution is 5.85. The van der Waals surface area contributed by atoms with Crippen molar-refractivity contribution in [1.82, 2.24) is 9.88 Å². The predicted molar refractivity (Wildman–Crippen MR) is 114 cm³/mol. The zero-order valence-electron chi connectivity index (χ0n) is 16.7. The molecule has 3 aromatic rings. The van der Waals surface area contributed by atoms with Crippen molar-refractivity contribution in [2.45, 2.75) is 38.1 Å². The molecular formula is C24H26N2O3. The Morgan fingerprint density at radius 2 is 1.97 bits per heavy atom. The van der Waals surface area contributed by atoms with Crippen LogP contribution in [-0.2, 0) is 18.3 Å². The number of aromatic nitrogens is 1. The van der Waals surface area contributed by atoms with Crippen LogP contribution in [0, 0.1) is 0 Å². The predicted octanol–water partition coefficient (Wildman–Crippen LogP) is 3.89. The highest BCUT2D eigenvalue weighted by Crippen LogP contribution is 2.29. The summed E-state index contributed by atoms with van der Waals surface area (Å²) < 4.78 is 7.47. The van der Waals surface area contributed by atoms with Crippen molar-refractivity contribution in [2.75, 3.05) is 6.61 Å². The summed E-state index contributed by atoms with van der Waals surface area (Å²) in [6.45, 7) is 0.395. The van der Waals surface area contributed by atoms with E-state index in [0.717, 1.165) is 30.2 Å². The van der Waals surface area contributed by atoms with E-state index in [9.17, 15) is 9.59 Å². The fraction of sp³-hybridized carbons (Fsp3) is 0.333. The summed E-state index contributed by atoms with van der Waals surface area (Å²) in [5.41, 5.74) is 3.32. The lowest BCUT2D eigenvalue weighted by Crippen LogP contribution is -2.31. The summed E-state index contributed by atoms with van der Waals surface area (Å²) in [7, 11) is 1.75. The largest absolute Gasteiger partial charge is 0.493 e. The van der Waals surface area contributed by atoms with E-state index in [1.54, 1.807) is 11.6 Å². The molecule has 0 aliphatic heterocycles. The van der Waals surface area contributed by atoms with Gasteiger partial charge in [0.1, 0.15) is 5.75 Å². The van der Waals surface area contributed by atoms with Gasteiger partial charge < -0.3 is 14.6 Å². The third-order valence-corrected chi connectivity index (χ3v) is 5.63. The highest BCUT2D eigenvalue weighted by atomic mass is 16.5. The van der Waals surface area contributed by atoms with Gasteiger partial charge in [-0.2, -0.15) is 0 Å². The molecule has 0 bridgehead atoms. The van der Waals surface area contributed by atoms with Gasteiger partial charge in [0.25, 0.3) is 5.56 Å². The highest BCUT2D eigenvalue weighted by Gasteiger charge is 2.21. The minimum Gasteiger partial charge on any atom is -0.493 e. The Morgan fingerprint density at radius 1 is 1.17 bits per heavy atom. The third kappa shape index (κ3) is 4.19. The number of rotatable bonds is 6. The monoisotopic (exact) mass is 390 g/mol. The van der Waals surface area contributed by atoms with Gasteiger partial charge in [0.2, 0.25) is 5.91 Å². The van der Waals surface area contributed by atoms with E-state index in [0.29, 0.717) is 25.2 Å². The standard InChI is InChI=1S/C24H26N2O3/c1-26-21-13-5-4-11-19(21)22(16-24(26)28)29-15-7-14-23(27)25-20-12-6-9-17-8-2-3-10-18(17)20/h2-5,8,10-11,13,16,20H,6-7,9,12,14-15H2,1H3,(H,25,27). The van der Waals surface area contributed by atoms with Crippen molar-refractivity contribution >= 4 is 16.8 Å². The average molecular weight is 390 g/mol. The number of nitrogens with zero attached hydrogens (tertiary/aromatic N) is 1. The zero-order chi connectivity index (χ0) is 20.2. The molecule has 0 saturated carbocycles. The van der Waals surface area contributed by atoms with E-state index < -0.39 is 0 Å². The van der Waals surface area contributed by atoms with E-state index in [-0.39, 0.29) is 17.5 Å². The van der Waals surface area contributed by atoms with E-state index in [1.165, 1.54) is 17.2 Å². The lowest BCUT2D eigenvalue weighted by Gasteiger charge is -2.26. The van der Waals surface area contributed by atoms with Crippen LogP contribution in [0.3, 0.4) is 0 Å². The first-order valence-corrected chi connectivity index (χ1v) is 10.2. The summed E-state index contributed by atoms with van der Waals surface area (Å²) in [5.74, 6) is 0.620. The summed E-state index contributed by atoms with van der Waals surface area (Å²) in [6, 6.07) is 17.6. The van der Waals surface area contributed by atoms with Crippen molar-refractivity contribution < 1.29 is 9.53 Å². The van der Waals surface area contributed by atoms with Gasteiger partial charge in [-0.3, -0.25) is 9.59 Å². The molecular weight excluding hydrogens is 364 g/mol. The topological polar surface area (TPSA) is 60.3 Å².